The Bertz CT molecular complexity index is 8730. The molecule has 132 heavy (non-hydrogen) atoms. The zero-order valence-electron chi connectivity index (χ0n) is 72.5. The maximum atomic E-state index is 2.38. The van der Waals surface area contributed by atoms with Crippen LogP contribution in [0.25, 0.3) is 262 Å². The standard InChI is InChI=1S/C48H30.C46H30.C38H24/c1-3-19-33-31(15-1)17-13-29-35(33)45-37-21-5-9-25-41(37)47(42-26-10-6-22-38(42)45)48-43-27-11-7-23-39(43)46(40-24-8-12-28-44(40)48)36-30-14-18-32-16-2-4-20-34(32)36;1-3-15-31(16-4-1)35-28-36(32-17-5-2-6-18-32)30-37(29-35)44-40-23-11-13-25-42(40)46(43-26-14-12-24-41(43)44)45-38-21-9-7-19-33(38)27-34-20-8-10-22-39(34)45;1-4-16-28-25(12-1)15-11-23-31(28)36-32-19-7-9-21-34(32)38(35-22-10-8-20-33(35)36)37-29-17-5-2-13-26(29)24-27-14-3-6-18-30(27)37/h1-30H;1-30H;1-24H. The molecule has 0 aliphatic rings. The van der Waals surface area contributed by atoms with Gasteiger partial charge in [0.1, 0.15) is 0 Å². The van der Waals surface area contributed by atoms with Gasteiger partial charge in [0.15, 0.2) is 0 Å². The first-order valence-corrected chi connectivity index (χ1v) is 45.9. The first-order chi connectivity index (χ1) is 65.6. The van der Waals surface area contributed by atoms with E-state index < -0.39 is 0 Å². The van der Waals surface area contributed by atoms with Crippen molar-refractivity contribution in [3.63, 3.8) is 0 Å². The summed E-state index contributed by atoms with van der Waals surface area (Å²) in [4.78, 5) is 0. The highest BCUT2D eigenvalue weighted by Crippen LogP contribution is 2.55. The molecule has 0 radical (unpaired) electrons. The van der Waals surface area contributed by atoms with E-state index in [0.717, 1.165) is 0 Å². The molecule has 612 valence electrons. The summed E-state index contributed by atoms with van der Waals surface area (Å²) in [6.45, 7) is 0. The fourth-order valence-corrected chi connectivity index (χ4v) is 22.0. The maximum Gasteiger partial charge on any atom is -0.00139 e. The monoisotopic (exact) mass is 1670 g/mol. The second-order valence-electron chi connectivity index (χ2n) is 34.9. The predicted octanol–water partition coefficient (Wildman–Crippen LogP) is 37.4. The van der Waals surface area contributed by atoms with E-state index in [2.05, 4.69) is 510 Å². The van der Waals surface area contributed by atoms with Crippen molar-refractivity contribution in [1.29, 1.82) is 0 Å². The van der Waals surface area contributed by atoms with Crippen molar-refractivity contribution in [3.8, 4) is 100 Å². The summed E-state index contributed by atoms with van der Waals surface area (Å²) < 4.78 is 0. The molecular formula is C132H84. The Morgan fingerprint density at radius 2 is 0.235 bits per heavy atom. The predicted molar refractivity (Wildman–Crippen MR) is 571 cm³/mol. The second-order valence-corrected chi connectivity index (χ2v) is 34.9. The van der Waals surface area contributed by atoms with Gasteiger partial charge in [-0.1, -0.05) is 479 Å². The van der Waals surface area contributed by atoms with Crippen LogP contribution in [-0.4, -0.2) is 0 Å². The van der Waals surface area contributed by atoms with Crippen LogP contribution in [0.15, 0.2) is 510 Å². The van der Waals surface area contributed by atoms with E-state index in [4.69, 9.17) is 0 Å². The van der Waals surface area contributed by atoms with Crippen LogP contribution >= 0.6 is 0 Å². The third kappa shape index (κ3) is 13.0. The highest BCUT2D eigenvalue weighted by molar-refractivity contribution is 6.34. The molecule has 0 spiro atoms. The third-order valence-corrected chi connectivity index (χ3v) is 27.6. The fraction of sp³-hybridized carbons (Fsp3) is 0. The quantitative estimate of drug-likeness (QED) is 0.126. The summed E-state index contributed by atoms with van der Waals surface area (Å²) in [6, 6.07) is 187. The first kappa shape index (κ1) is 77.2. The normalized spacial score (nSPS) is 11.6. The first-order valence-electron chi connectivity index (χ1n) is 45.9. The SMILES string of the molecule is c1ccc(-c2cc(-c3ccccc3)cc(-c3c4ccccc4c(-c4c5ccccc5cc5ccccc45)c4ccccc34)c2)cc1.c1ccc2c(-c3c4ccccc4c(-c4c5ccccc5c(-c5cccc6ccccc56)c5ccccc45)c4ccccc34)cccc2c1.c1ccc2c(-c3c4ccccc4c(-c4c5ccccc5cc5ccccc45)c4ccccc34)cccc2c1. The molecule has 0 unspecified atom stereocenters. The van der Waals surface area contributed by atoms with Crippen molar-refractivity contribution in [1.82, 2.24) is 0 Å². The maximum absolute atomic E-state index is 2.38. The molecular weight excluding hydrogens is 1590 g/mol. The summed E-state index contributed by atoms with van der Waals surface area (Å²) in [6.07, 6.45) is 0. The average Bonchev–Trinajstić information content (AvgIpc) is 0.700. The Morgan fingerprint density at radius 1 is 0.0758 bits per heavy atom. The van der Waals surface area contributed by atoms with E-state index in [1.165, 1.54) is 262 Å². The molecule has 0 saturated heterocycles. The topological polar surface area (TPSA) is 0 Å². The number of hydrogen-bond donors (Lipinski definition) is 0. The zero-order valence-corrected chi connectivity index (χ0v) is 72.5. The van der Waals surface area contributed by atoms with E-state index in [-0.39, 0.29) is 0 Å². The van der Waals surface area contributed by atoms with Gasteiger partial charge in [0.2, 0.25) is 0 Å². The van der Waals surface area contributed by atoms with Crippen molar-refractivity contribution >= 4 is 162 Å². The smallest absolute Gasteiger partial charge is 0.00139 e. The van der Waals surface area contributed by atoms with Gasteiger partial charge in [-0.3, -0.25) is 0 Å². The minimum absolute atomic E-state index is 1.22. The van der Waals surface area contributed by atoms with Crippen LogP contribution in [-0.2, 0) is 0 Å². The van der Waals surface area contributed by atoms with E-state index in [1.54, 1.807) is 0 Å². The molecule has 0 heterocycles. The van der Waals surface area contributed by atoms with E-state index in [0.29, 0.717) is 0 Å². The molecule has 0 atom stereocenters. The molecule has 0 aliphatic heterocycles. The molecule has 0 amide bonds. The van der Waals surface area contributed by atoms with Crippen LogP contribution in [0.2, 0.25) is 0 Å². The van der Waals surface area contributed by atoms with Gasteiger partial charge in [0.05, 0.1) is 0 Å². The van der Waals surface area contributed by atoms with Gasteiger partial charge in [0, 0.05) is 0 Å². The molecule has 0 aromatic heterocycles. The molecule has 27 aromatic rings. The van der Waals surface area contributed by atoms with Crippen LogP contribution in [0.5, 0.6) is 0 Å². The Morgan fingerprint density at radius 3 is 0.470 bits per heavy atom. The van der Waals surface area contributed by atoms with Crippen LogP contribution in [0, 0.1) is 0 Å². The van der Waals surface area contributed by atoms with E-state index >= 15 is 0 Å². The van der Waals surface area contributed by atoms with Crippen LogP contribution in [0.1, 0.15) is 0 Å². The summed E-state index contributed by atoms with van der Waals surface area (Å²) in [5.74, 6) is 0. The number of hydrogen-bond acceptors (Lipinski definition) is 0. The molecule has 0 aliphatic carbocycles. The lowest BCUT2D eigenvalue weighted by atomic mass is 9.80. The second kappa shape index (κ2) is 32.6. The fourth-order valence-electron chi connectivity index (χ4n) is 22.0. The van der Waals surface area contributed by atoms with E-state index in [1.807, 2.05) is 0 Å². The largest absolute Gasteiger partial charge is 0.0622 e. The minimum atomic E-state index is 1.22. The summed E-state index contributed by atoms with van der Waals surface area (Å²) in [7, 11) is 0. The lowest BCUT2D eigenvalue weighted by molar-refractivity contribution is 1.58. The molecule has 0 fully saturated rings. The number of fused-ring (bicyclic) bond motifs is 15. The minimum Gasteiger partial charge on any atom is -0.0622 e. The Balaban J connectivity index is 0.000000107. The molecule has 0 saturated carbocycles. The van der Waals surface area contributed by atoms with E-state index in [9.17, 15) is 0 Å². The van der Waals surface area contributed by atoms with Gasteiger partial charge in [-0.05, 0) is 292 Å². The van der Waals surface area contributed by atoms with Crippen molar-refractivity contribution in [3.05, 3.63) is 510 Å². The molecule has 0 bridgehead atoms. The third-order valence-electron chi connectivity index (χ3n) is 27.6. The average molecular weight is 1670 g/mol. The van der Waals surface area contributed by atoms with Crippen LogP contribution < -0.4 is 0 Å². The lowest BCUT2D eigenvalue weighted by Crippen LogP contribution is -1.95. The van der Waals surface area contributed by atoms with Crippen LogP contribution in [0.4, 0.5) is 0 Å². The molecule has 0 heteroatoms. The highest BCUT2D eigenvalue weighted by Gasteiger charge is 2.27. The summed E-state index contributed by atoms with van der Waals surface area (Å²) in [5, 5.41) is 38.2. The zero-order chi connectivity index (χ0) is 87.1. The molecule has 0 nitrogen and oxygen atoms in total. The van der Waals surface area contributed by atoms with Crippen molar-refractivity contribution < 1.29 is 0 Å². The number of benzene rings is 27. The highest BCUT2D eigenvalue weighted by atomic mass is 14.3. The van der Waals surface area contributed by atoms with Gasteiger partial charge in [-0.25, -0.2) is 0 Å². The molecule has 0 N–H and O–H groups in total. The van der Waals surface area contributed by atoms with Gasteiger partial charge in [-0.2, -0.15) is 0 Å². The van der Waals surface area contributed by atoms with Crippen LogP contribution in [0.3, 0.4) is 0 Å². The van der Waals surface area contributed by atoms with Crippen molar-refractivity contribution in [2.75, 3.05) is 0 Å². The Hall–Kier alpha value is -17.2. The van der Waals surface area contributed by atoms with Crippen molar-refractivity contribution in [2.45, 2.75) is 0 Å². The van der Waals surface area contributed by atoms with Gasteiger partial charge < -0.3 is 0 Å². The molecule has 27 aromatic carbocycles. The van der Waals surface area contributed by atoms with Gasteiger partial charge in [0.25, 0.3) is 0 Å². The lowest BCUT2D eigenvalue weighted by Gasteiger charge is -2.23. The van der Waals surface area contributed by atoms with Crippen molar-refractivity contribution in [2.24, 2.45) is 0 Å². The van der Waals surface area contributed by atoms with Gasteiger partial charge in [-0.15, -0.1) is 0 Å². The summed E-state index contributed by atoms with van der Waals surface area (Å²) >= 11 is 0. The van der Waals surface area contributed by atoms with Gasteiger partial charge >= 0.3 is 0 Å². The Kier molecular flexibility index (Phi) is 19.1. The summed E-state index contributed by atoms with van der Waals surface area (Å²) in [5.41, 5.74) is 22.9. The number of rotatable bonds is 9. The molecule has 27 rings (SSSR count). The Labute approximate surface area is 765 Å².